The standard InChI is InChI=1S/C26H37N5O.HI/c1-21(30(3)18-22-10-5-4-6-11-22)15-17-29-26(27-2)28-16-9-14-25(32)31-19-23-12-7-8-13-24(23)20-31;/h4-8,10-13,21H,9,14-20H2,1-3H3,(H2,27,28,29);1H. The van der Waals surface area contributed by atoms with Gasteiger partial charge in [0.25, 0.3) is 0 Å². The van der Waals surface area contributed by atoms with Crippen LogP contribution in [0.25, 0.3) is 0 Å². The van der Waals surface area contributed by atoms with Crippen molar-refractivity contribution in [1.82, 2.24) is 20.4 Å². The van der Waals surface area contributed by atoms with E-state index in [9.17, 15) is 4.79 Å². The van der Waals surface area contributed by atoms with Crippen molar-refractivity contribution in [2.24, 2.45) is 4.99 Å². The summed E-state index contributed by atoms with van der Waals surface area (Å²) in [6.45, 7) is 6.26. The molecule has 0 bridgehead atoms. The molecule has 0 aliphatic carbocycles. The molecule has 2 N–H and O–H groups in total. The van der Waals surface area contributed by atoms with Gasteiger partial charge in [0.15, 0.2) is 5.96 Å². The highest BCUT2D eigenvalue weighted by Crippen LogP contribution is 2.22. The van der Waals surface area contributed by atoms with Crippen molar-refractivity contribution in [3.63, 3.8) is 0 Å². The number of aliphatic imine (C=N–C) groups is 1. The Morgan fingerprint density at radius 3 is 2.27 bits per heavy atom. The van der Waals surface area contributed by atoms with Crippen molar-refractivity contribution < 1.29 is 4.79 Å². The van der Waals surface area contributed by atoms with Crippen LogP contribution in [-0.4, -0.2) is 54.9 Å². The van der Waals surface area contributed by atoms with Gasteiger partial charge in [-0.1, -0.05) is 54.6 Å². The van der Waals surface area contributed by atoms with Crippen LogP contribution in [0.3, 0.4) is 0 Å². The number of guanidine groups is 1. The Morgan fingerprint density at radius 1 is 1.03 bits per heavy atom. The Morgan fingerprint density at radius 2 is 1.64 bits per heavy atom. The first-order valence-electron chi connectivity index (χ1n) is 11.6. The summed E-state index contributed by atoms with van der Waals surface area (Å²) in [7, 11) is 3.95. The summed E-state index contributed by atoms with van der Waals surface area (Å²) in [4.78, 5) is 21.1. The van der Waals surface area contributed by atoms with Crippen LogP contribution in [0.2, 0.25) is 0 Å². The van der Waals surface area contributed by atoms with Crippen LogP contribution in [-0.2, 0) is 24.4 Å². The van der Waals surface area contributed by atoms with Gasteiger partial charge in [0.2, 0.25) is 5.91 Å². The lowest BCUT2D eigenvalue weighted by Crippen LogP contribution is -2.40. The van der Waals surface area contributed by atoms with Crippen LogP contribution in [0.15, 0.2) is 59.6 Å². The van der Waals surface area contributed by atoms with Crippen LogP contribution in [0.5, 0.6) is 0 Å². The largest absolute Gasteiger partial charge is 0.356 e. The predicted molar refractivity (Wildman–Crippen MR) is 147 cm³/mol. The van der Waals surface area contributed by atoms with Gasteiger partial charge in [-0.2, -0.15) is 0 Å². The monoisotopic (exact) mass is 563 g/mol. The molecule has 2 aromatic rings. The van der Waals surface area contributed by atoms with E-state index in [1.54, 1.807) is 7.05 Å². The van der Waals surface area contributed by atoms with E-state index in [2.05, 4.69) is 77.0 Å². The lowest BCUT2D eigenvalue weighted by Gasteiger charge is -2.25. The first-order chi connectivity index (χ1) is 15.6. The normalized spacial score (nSPS) is 13.9. The highest BCUT2D eigenvalue weighted by molar-refractivity contribution is 14.0. The van der Waals surface area contributed by atoms with Gasteiger partial charge in [-0.25, -0.2) is 0 Å². The van der Waals surface area contributed by atoms with E-state index in [0.717, 1.165) is 51.5 Å². The number of fused-ring (bicyclic) bond motifs is 1. The van der Waals surface area contributed by atoms with Crippen molar-refractivity contribution in [2.45, 2.75) is 51.9 Å². The van der Waals surface area contributed by atoms with Gasteiger partial charge < -0.3 is 15.5 Å². The molecular formula is C26H38IN5O. The Hall–Kier alpha value is -2.13. The second kappa shape index (κ2) is 14.2. The Labute approximate surface area is 215 Å². The summed E-state index contributed by atoms with van der Waals surface area (Å²) in [5.41, 5.74) is 3.87. The van der Waals surface area contributed by atoms with E-state index in [1.165, 1.54) is 16.7 Å². The third kappa shape index (κ3) is 8.62. The number of nitrogens with one attached hydrogen (secondary N) is 2. The highest BCUT2D eigenvalue weighted by Gasteiger charge is 2.22. The molecule has 1 aliphatic heterocycles. The second-order valence-electron chi connectivity index (χ2n) is 8.59. The van der Waals surface area contributed by atoms with Crippen molar-refractivity contribution in [3.05, 3.63) is 71.3 Å². The Balaban J connectivity index is 0.00000385. The van der Waals surface area contributed by atoms with E-state index in [0.29, 0.717) is 12.5 Å². The minimum atomic E-state index is 0. The molecule has 0 fully saturated rings. The number of hydrogen-bond donors (Lipinski definition) is 2. The molecule has 1 heterocycles. The van der Waals surface area contributed by atoms with Gasteiger partial charge in [0.05, 0.1) is 0 Å². The van der Waals surface area contributed by atoms with Crippen LogP contribution < -0.4 is 10.6 Å². The smallest absolute Gasteiger partial charge is 0.223 e. The highest BCUT2D eigenvalue weighted by atomic mass is 127. The summed E-state index contributed by atoms with van der Waals surface area (Å²) in [5.74, 6) is 1.02. The van der Waals surface area contributed by atoms with Gasteiger partial charge in [0.1, 0.15) is 0 Å². The number of halogens is 1. The van der Waals surface area contributed by atoms with Gasteiger partial charge in [-0.3, -0.25) is 14.7 Å². The Bertz CT molecular complexity index is 864. The lowest BCUT2D eigenvalue weighted by atomic mass is 10.1. The predicted octanol–water partition coefficient (Wildman–Crippen LogP) is 4.00. The average molecular weight is 564 g/mol. The van der Waals surface area contributed by atoms with Crippen molar-refractivity contribution in [1.29, 1.82) is 0 Å². The molecule has 2 aromatic carbocycles. The minimum Gasteiger partial charge on any atom is -0.356 e. The van der Waals surface area contributed by atoms with E-state index < -0.39 is 0 Å². The maximum Gasteiger partial charge on any atom is 0.223 e. The molecule has 1 aliphatic rings. The molecule has 0 spiro atoms. The number of benzene rings is 2. The van der Waals surface area contributed by atoms with Gasteiger partial charge in [-0.05, 0) is 43.5 Å². The third-order valence-corrected chi connectivity index (χ3v) is 6.16. The topological polar surface area (TPSA) is 60.0 Å². The molecule has 0 aromatic heterocycles. The van der Waals surface area contributed by atoms with Crippen molar-refractivity contribution in [2.75, 3.05) is 27.2 Å². The van der Waals surface area contributed by atoms with Crippen molar-refractivity contribution >= 4 is 35.8 Å². The van der Waals surface area contributed by atoms with Crippen LogP contribution >= 0.6 is 24.0 Å². The van der Waals surface area contributed by atoms with Crippen molar-refractivity contribution in [3.8, 4) is 0 Å². The molecule has 0 radical (unpaired) electrons. The van der Waals surface area contributed by atoms with Gasteiger partial charge >= 0.3 is 0 Å². The Kier molecular flexibility index (Phi) is 11.7. The maximum absolute atomic E-state index is 12.5. The molecule has 0 saturated carbocycles. The zero-order valence-corrected chi connectivity index (χ0v) is 22.4. The molecule has 6 nitrogen and oxygen atoms in total. The molecule has 1 unspecified atom stereocenters. The fourth-order valence-corrected chi connectivity index (χ4v) is 3.98. The molecule has 0 saturated heterocycles. The van der Waals surface area contributed by atoms with E-state index >= 15 is 0 Å². The number of nitrogens with zero attached hydrogens (tertiary/aromatic N) is 3. The van der Waals surface area contributed by atoms with Gasteiger partial charge in [-0.15, -0.1) is 24.0 Å². The summed E-state index contributed by atoms with van der Waals surface area (Å²) >= 11 is 0. The zero-order chi connectivity index (χ0) is 22.8. The molecule has 7 heteroatoms. The minimum absolute atomic E-state index is 0. The van der Waals surface area contributed by atoms with Crippen LogP contribution in [0, 0.1) is 0 Å². The summed E-state index contributed by atoms with van der Waals surface area (Å²) < 4.78 is 0. The third-order valence-electron chi connectivity index (χ3n) is 6.16. The quantitative estimate of drug-likeness (QED) is 0.199. The fourth-order valence-electron chi connectivity index (χ4n) is 3.98. The summed E-state index contributed by atoms with van der Waals surface area (Å²) in [6, 6.07) is 19.3. The molecule has 3 rings (SSSR count). The first kappa shape index (κ1) is 27.1. The fraction of sp³-hybridized carbons (Fsp3) is 0.462. The average Bonchev–Trinajstić information content (AvgIpc) is 3.25. The number of carbonyl (C=O) groups excluding carboxylic acids is 1. The summed E-state index contributed by atoms with van der Waals surface area (Å²) in [6.07, 6.45) is 2.37. The molecular weight excluding hydrogens is 525 g/mol. The van der Waals surface area contributed by atoms with Gasteiger partial charge in [0, 0.05) is 52.2 Å². The number of hydrogen-bond acceptors (Lipinski definition) is 3. The maximum atomic E-state index is 12.5. The lowest BCUT2D eigenvalue weighted by molar-refractivity contribution is -0.131. The molecule has 1 atom stereocenters. The van der Waals surface area contributed by atoms with E-state index in [4.69, 9.17) is 0 Å². The number of carbonyl (C=O) groups is 1. The SMILES string of the molecule is CN=C(NCCCC(=O)N1Cc2ccccc2C1)NCCC(C)N(C)Cc1ccccc1.I. The molecule has 180 valence electrons. The van der Waals surface area contributed by atoms with Crippen LogP contribution in [0.1, 0.15) is 42.9 Å². The second-order valence-corrected chi connectivity index (χ2v) is 8.59. The molecule has 33 heavy (non-hydrogen) atoms. The number of amides is 1. The van der Waals surface area contributed by atoms with E-state index in [-0.39, 0.29) is 29.9 Å². The van der Waals surface area contributed by atoms with Crippen LogP contribution in [0.4, 0.5) is 0 Å². The summed E-state index contributed by atoms with van der Waals surface area (Å²) in [5, 5.41) is 6.72. The number of rotatable bonds is 10. The zero-order valence-electron chi connectivity index (χ0n) is 20.1. The van der Waals surface area contributed by atoms with E-state index in [1.807, 2.05) is 17.0 Å². The molecule has 1 amide bonds. The first-order valence-corrected chi connectivity index (χ1v) is 11.6.